The largest absolute Gasteiger partial charge is 0.444 e. The predicted octanol–water partition coefficient (Wildman–Crippen LogP) is 3.45. The lowest BCUT2D eigenvalue weighted by atomic mass is 9.72. The Kier molecular flexibility index (Phi) is 5.23. The van der Waals surface area contributed by atoms with Gasteiger partial charge in [0.25, 0.3) is 0 Å². The van der Waals surface area contributed by atoms with Crippen molar-refractivity contribution < 1.29 is 18.8 Å². The van der Waals surface area contributed by atoms with E-state index in [1.54, 1.807) is 0 Å². The smallest absolute Gasteiger partial charge is 0.410 e. The first-order valence-electron chi connectivity index (χ1n) is 9.77. The van der Waals surface area contributed by atoms with Gasteiger partial charge in [-0.05, 0) is 39.5 Å². The summed E-state index contributed by atoms with van der Waals surface area (Å²) in [6.07, 6.45) is 2.65. The molecule has 1 amide bonds. The number of aldehydes is 1. The van der Waals surface area contributed by atoms with Gasteiger partial charge in [0, 0.05) is 37.7 Å². The number of hydrogen-bond donors (Lipinski definition) is 0. The van der Waals surface area contributed by atoms with Gasteiger partial charge in [0.1, 0.15) is 17.6 Å². The van der Waals surface area contributed by atoms with Gasteiger partial charge in [0.2, 0.25) is 0 Å². The highest BCUT2D eigenvalue weighted by atomic mass is 16.6. The third-order valence-electron chi connectivity index (χ3n) is 5.56. The quantitative estimate of drug-likeness (QED) is 0.748. The Labute approximate surface area is 161 Å². The van der Waals surface area contributed by atoms with Crippen LogP contribution in [0.15, 0.2) is 10.6 Å². The van der Waals surface area contributed by atoms with Crippen molar-refractivity contribution in [1.82, 2.24) is 10.1 Å². The molecule has 1 atom stereocenters. The number of anilines is 1. The predicted molar refractivity (Wildman–Crippen MR) is 102 cm³/mol. The van der Waals surface area contributed by atoms with Gasteiger partial charge in [0.15, 0.2) is 5.82 Å². The van der Waals surface area contributed by atoms with Crippen LogP contribution in [0.4, 0.5) is 10.6 Å². The first kappa shape index (κ1) is 19.7. The van der Waals surface area contributed by atoms with Crippen molar-refractivity contribution in [3.05, 3.63) is 11.8 Å². The summed E-state index contributed by atoms with van der Waals surface area (Å²) in [5, 5.41) is 4.16. The van der Waals surface area contributed by atoms with Crippen LogP contribution in [0.1, 0.15) is 59.1 Å². The average molecular weight is 377 g/mol. The molecule has 1 aromatic rings. The fourth-order valence-corrected chi connectivity index (χ4v) is 3.87. The lowest BCUT2D eigenvalue weighted by Crippen LogP contribution is -2.61. The summed E-state index contributed by atoms with van der Waals surface area (Å²) >= 11 is 0. The van der Waals surface area contributed by atoms with E-state index in [1.807, 2.05) is 45.6 Å². The minimum Gasteiger partial charge on any atom is -0.444 e. The molecule has 3 heterocycles. The Morgan fingerprint density at radius 2 is 1.93 bits per heavy atom. The molecular weight excluding hydrogens is 346 g/mol. The van der Waals surface area contributed by atoms with Crippen LogP contribution in [0.3, 0.4) is 0 Å². The molecule has 1 unspecified atom stereocenters. The zero-order valence-corrected chi connectivity index (χ0v) is 17.0. The van der Waals surface area contributed by atoms with Gasteiger partial charge in [-0.2, -0.15) is 0 Å². The number of carbonyl (C=O) groups is 2. The second kappa shape index (κ2) is 7.17. The molecule has 1 aromatic heterocycles. The van der Waals surface area contributed by atoms with Crippen LogP contribution in [0.2, 0.25) is 0 Å². The van der Waals surface area contributed by atoms with E-state index in [-0.39, 0.29) is 23.3 Å². The summed E-state index contributed by atoms with van der Waals surface area (Å²) < 4.78 is 10.9. The van der Waals surface area contributed by atoms with Gasteiger partial charge in [-0.3, -0.25) is 0 Å². The number of rotatable bonds is 4. The van der Waals surface area contributed by atoms with Crippen molar-refractivity contribution in [2.45, 2.75) is 59.0 Å². The second-order valence-corrected chi connectivity index (χ2v) is 9.32. The summed E-state index contributed by atoms with van der Waals surface area (Å²) in [4.78, 5) is 27.5. The maximum absolute atomic E-state index is 12.2. The summed E-state index contributed by atoms with van der Waals surface area (Å²) in [5.74, 6) is 1.37. The van der Waals surface area contributed by atoms with Crippen molar-refractivity contribution in [1.29, 1.82) is 0 Å². The molecule has 0 bridgehead atoms. The van der Waals surface area contributed by atoms with E-state index in [4.69, 9.17) is 9.26 Å². The molecule has 1 spiro atoms. The number of hydrogen-bond acceptors (Lipinski definition) is 6. The van der Waals surface area contributed by atoms with Crippen LogP contribution < -0.4 is 4.90 Å². The number of aromatic nitrogens is 1. The fraction of sp³-hybridized carbons (Fsp3) is 0.750. The Morgan fingerprint density at radius 1 is 1.30 bits per heavy atom. The maximum atomic E-state index is 12.2. The van der Waals surface area contributed by atoms with Gasteiger partial charge in [-0.1, -0.05) is 19.0 Å². The van der Waals surface area contributed by atoms with Gasteiger partial charge in [0.05, 0.1) is 5.92 Å². The Bertz CT molecular complexity index is 676. The molecule has 2 aliphatic heterocycles. The fourth-order valence-electron chi connectivity index (χ4n) is 3.87. The average Bonchev–Trinajstić information content (AvgIpc) is 3.00. The van der Waals surface area contributed by atoms with Crippen molar-refractivity contribution in [3.8, 4) is 0 Å². The zero-order valence-electron chi connectivity index (χ0n) is 17.0. The number of carbonyl (C=O) groups excluding carboxylic acids is 2. The monoisotopic (exact) mass is 377 g/mol. The number of likely N-dealkylation sites (tertiary alicyclic amines) is 1. The highest BCUT2D eigenvalue weighted by Crippen LogP contribution is 2.43. The zero-order chi connectivity index (χ0) is 19.8. The molecule has 0 radical (unpaired) electrons. The number of ether oxygens (including phenoxy) is 1. The van der Waals surface area contributed by atoms with Gasteiger partial charge < -0.3 is 23.9 Å². The lowest BCUT2D eigenvalue weighted by Gasteiger charge is -2.53. The first-order valence-corrected chi connectivity index (χ1v) is 9.77. The van der Waals surface area contributed by atoms with E-state index in [1.165, 1.54) is 0 Å². The minimum absolute atomic E-state index is 0.184. The molecule has 0 aromatic carbocycles. The lowest BCUT2D eigenvalue weighted by molar-refractivity contribution is -0.110. The van der Waals surface area contributed by atoms with Gasteiger partial charge >= 0.3 is 6.09 Å². The Balaban J connectivity index is 1.52. The van der Waals surface area contributed by atoms with Crippen LogP contribution in [-0.4, -0.2) is 54.2 Å². The van der Waals surface area contributed by atoms with Crippen LogP contribution >= 0.6 is 0 Å². The van der Waals surface area contributed by atoms with E-state index in [2.05, 4.69) is 10.1 Å². The molecule has 0 N–H and O–H groups in total. The summed E-state index contributed by atoms with van der Waals surface area (Å²) in [6.45, 7) is 12.9. The van der Waals surface area contributed by atoms with Gasteiger partial charge in [-0.15, -0.1) is 0 Å². The SMILES string of the molecule is CC(C)C(C=O)c1cc(N2CC3(CCN(C(=O)OC(C)(C)C)CC3)C2)no1. The second-order valence-electron chi connectivity index (χ2n) is 9.32. The molecule has 2 saturated heterocycles. The third-order valence-corrected chi connectivity index (χ3v) is 5.56. The number of amides is 1. The standard InChI is InChI=1S/C20H31N3O4/c1-14(2)15(11-24)16-10-17(21-27-16)23-12-20(13-23)6-8-22(9-7-20)18(25)26-19(3,4)5/h10-11,14-15H,6-9,12-13H2,1-5H3. The molecule has 2 fully saturated rings. The van der Waals surface area contributed by atoms with E-state index < -0.39 is 5.60 Å². The first-order chi connectivity index (χ1) is 12.6. The van der Waals surface area contributed by atoms with Crippen LogP contribution in [0, 0.1) is 11.3 Å². The molecule has 0 saturated carbocycles. The molecular formula is C20H31N3O4. The van der Waals surface area contributed by atoms with E-state index in [0.29, 0.717) is 5.76 Å². The van der Waals surface area contributed by atoms with Crippen molar-refractivity contribution in [3.63, 3.8) is 0 Å². The normalized spacial score (nSPS) is 20.5. The van der Waals surface area contributed by atoms with Crippen molar-refractivity contribution in [2.75, 3.05) is 31.1 Å². The summed E-state index contributed by atoms with van der Waals surface area (Å²) in [5.41, 5.74) is -0.223. The molecule has 7 heteroatoms. The van der Waals surface area contributed by atoms with Crippen LogP contribution in [0.5, 0.6) is 0 Å². The van der Waals surface area contributed by atoms with E-state index in [0.717, 1.165) is 51.1 Å². The molecule has 150 valence electrons. The molecule has 2 aliphatic rings. The number of nitrogens with zero attached hydrogens (tertiary/aromatic N) is 3. The molecule has 27 heavy (non-hydrogen) atoms. The third kappa shape index (κ3) is 4.28. The topological polar surface area (TPSA) is 75.9 Å². The summed E-state index contributed by atoms with van der Waals surface area (Å²) in [6, 6.07) is 1.89. The van der Waals surface area contributed by atoms with Crippen LogP contribution in [0.25, 0.3) is 0 Å². The Morgan fingerprint density at radius 3 is 2.44 bits per heavy atom. The molecule has 7 nitrogen and oxygen atoms in total. The van der Waals surface area contributed by atoms with E-state index in [9.17, 15) is 9.59 Å². The van der Waals surface area contributed by atoms with E-state index >= 15 is 0 Å². The highest BCUT2D eigenvalue weighted by molar-refractivity contribution is 5.68. The van der Waals surface area contributed by atoms with Gasteiger partial charge in [-0.25, -0.2) is 4.79 Å². The number of piperidine rings is 1. The minimum atomic E-state index is -0.459. The van der Waals surface area contributed by atoms with Crippen LogP contribution in [-0.2, 0) is 9.53 Å². The maximum Gasteiger partial charge on any atom is 0.410 e. The molecule has 0 aliphatic carbocycles. The summed E-state index contributed by atoms with van der Waals surface area (Å²) in [7, 11) is 0. The Hall–Kier alpha value is -2.05. The highest BCUT2D eigenvalue weighted by Gasteiger charge is 2.46. The molecule has 3 rings (SSSR count). The van der Waals surface area contributed by atoms with Crippen molar-refractivity contribution in [2.24, 2.45) is 11.3 Å². The van der Waals surface area contributed by atoms with Crippen molar-refractivity contribution >= 4 is 18.2 Å².